The summed E-state index contributed by atoms with van der Waals surface area (Å²) in [6, 6.07) is 4.00. The number of rotatable bonds is 2. The van der Waals surface area contributed by atoms with Crippen LogP contribution in [0.3, 0.4) is 0 Å². The van der Waals surface area contributed by atoms with E-state index in [1.807, 2.05) is 0 Å². The topological polar surface area (TPSA) is 58.9 Å². The first kappa shape index (κ1) is 10.9. The minimum atomic E-state index is -1.12. The highest BCUT2D eigenvalue weighted by molar-refractivity contribution is 6.31. The molecule has 1 atom stereocenters. The molecule has 16 heavy (non-hydrogen) atoms. The van der Waals surface area contributed by atoms with E-state index in [4.69, 9.17) is 16.7 Å². The summed E-state index contributed by atoms with van der Waals surface area (Å²) < 4.78 is 13.4. The molecule has 4 nitrogen and oxygen atoms in total. The van der Waals surface area contributed by atoms with Crippen molar-refractivity contribution in [2.24, 2.45) is 5.16 Å². The molecular formula is C10H7ClFNO3. The third-order valence-corrected chi connectivity index (χ3v) is 2.42. The molecule has 0 radical (unpaired) electrons. The van der Waals surface area contributed by atoms with Gasteiger partial charge in [0, 0.05) is 17.0 Å². The quantitative estimate of drug-likeness (QED) is 0.865. The van der Waals surface area contributed by atoms with Gasteiger partial charge in [0.1, 0.15) is 5.82 Å². The van der Waals surface area contributed by atoms with Crippen LogP contribution in [0, 0.1) is 5.82 Å². The van der Waals surface area contributed by atoms with Crippen LogP contribution in [0.5, 0.6) is 0 Å². The van der Waals surface area contributed by atoms with Gasteiger partial charge in [0.25, 0.3) is 0 Å². The number of hydrogen-bond acceptors (Lipinski definition) is 3. The molecule has 0 saturated heterocycles. The van der Waals surface area contributed by atoms with Crippen LogP contribution < -0.4 is 0 Å². The maximum absolute atomic E-state index is 13.4. The van der Waals surface area contributed by atoms with Crippen molar-refractivity contribution in [2.45, 2.75) is 12.5 Å². The molecule has 1 aromatic rings. The third kappa shape index (κ3) is 1.99. The molecule has 1 aromatic carbocycles. The lowest BCUT2D eigenvalue weighted by Gasteiger charge is -2.02. The summed E-state index contributed by atoms with van der Waals surface area (Å²) in [7, 11) is 0. The lowest BCUT2D eigenvalue weighted by molar-refractivity contribution is -0.148. The second kappa shape index (κ2) is 4.09. The Kier molecular flexibility index (Phi) is 2.78. The van der Waals surface area contributed by atoms with Crippen molar-refractivity contribution in [2.75, 3.05) is 0 Å². The molecule has 84 valence electrons. The Hall–Kier alpha value is -1.62. The van der Waals surface area contributed by atoms with E-state index >= 15 is 0 Å². The highest BCUT2D eigenvalue weighted by Crippen LogP contribution is 2.22. The number of halogens is 2. The number of carboxylic acids is 1. The molecular weight excluding hydrogens is 237 g/mol. The second-order valence-corrected chi connectivity index (χ2v) is 3.73. The Bertz CT molecular complexity index is 475. The Morgan fingerprint density at radius 2 is 2.38 bits per heavy atom. The summed E-state index contributed by atoms with van der Waals surface area (Å²) >= 11 is 5.72. The van der Waals surface area contributed by atoms with E-state index < -0.39 is 17.9 Å². The first-order chi connectivity index (χ1) is 7.58. The zero-order chi connectivity index (χ0) is 11.7. The van der Waals surface area contributed by atoms with Crippen LogP contribution in [0.4, 0.5) is 4.39 Å². The first-order valence-electron chi connectivity index (χ1n) is 4.49. The highest BCUT2D eigenvalue weighted by atomic mass is 35.5. The van der Waals surface area contributed by atoms with Crippen molar-refractivity contribution in [3.63, 3.8) is 0 Å². The number of carboxylic acid groups (broad SMARTS) is 1. The summed E-state index contributed by atoms with van der Waals surface area (Å²) in [5, 5.41) is 12.6. The van der Waals surface area contributed by atoms with Gasteiger partial charge < -0.3 is 9.94 Å². The van der Waals surface area contributed by atoms with Crippen LogP contribution in [0.2, 0.25) is 5.02 Å². The van der Waals surface area contributed by atoms with Crippen molar-refractivity contribution in [1.82, 2.24) is 0 Å². The molecule has 0 aliphatic carbocycles. The fraction of sp³-hybridized carbons (Fsp3) is 0.200. The van der Waals surface area contributed by atoms with Crippen LogP contribution in [0.1, 0.15) is 12.0 Å². The third-order valence-electron chi connectivity index (χ3n) is 2.18. The van der Waals surface area contributed by atoms with E-state index in [-0.39, 0.29) is 17.7 Å². The maximum atomic E-state index is 13.4. The van der Waals surface area contributed by atoms with Gasteiger partial charge in [0.15, 0.2) is 0 Å². The van der Waals surface area contributed by atoms with Gasteiger partial charge in [0.05, 0.1) is 5.71 Å². The van der Waals surface area contributed by atoms with Gasteiger partial charge in [0.2, 0.25) is 6.10 Å². The fourth-order valence-electron chi connectivity index (χ4n) is 1.39. The number of oxime groups is 1. The molecule has 1 aliphatic heterocycles. The summed E-state index contributed by atoms with van der Waals surface area (Å²) in [6.07, 6.45) is -1.01. The smallest absolute Gasteiger partial charge is 0.348 e. The fourth-order valence-corrected chi connectivity index (χ4v) is 1.56. The monoisotopic (exact) mass is 243 g/mol. The Labute approximate surface area is 95.3 Å². The van der Waals surface area contributed by atoms with E-state index in [1.54, 1.807) is 0 Å². The molecule has 0 spiro atoms. The van der Waals surface area contributed by atoms with Crippen LogP contribution in [-0.4, -0.2) is 22.9 Å². The van der Waals surface area contributed by atoms with E-state index in [0.29, 0.717) is 5.02 Å². The zero-order valence-corrected chi connectivity index (χ0v) is 8.74. The molecule has 1 N–H and O–H groups in total. The van der Waals surface area contributed by atoms with E-state index in [1.165, 1.54) is 18.2 Å². The Morgan fingerprint density at radius 3 is 3.00 bits per heavy atom. The lowest BCUT2D eigenvalue weighted by Crippen LogP contribution is -2.20. The van der Waals surface area contributed by atoms with Gasteiger partial charge in [-0.1, -0.05) is 16.8 Å². The van der Waals surface area contributed by atoms with Gasteiger partial charge >= 0.3 is 5.97 Å². The van der Waals surface area contributed by atoms with Gasteiger partial charge in [-0.15, -0.1) is 0 Å². The van der Waals surface area contributed by atoms with Crippen molar-refractivity contribution in [3.8, 4) is 0 Å². The zero-order valence-electron chi connectivity index (χ0n) is 7.98. The lowest BCUT2D eigenvalue weighted by atomic mass is 10.0. The number of aliphatic carboxylic acids is 1. The normalized spacial score (nSPS) is 19.1. The van der Waals surface area contributed by atoms with E-state index in [9.17, 15) is 9.18 Å². The minimum Gasteiger partial charge on any atom is -0.478 e. The molecule has 1 unspecified atom stereocenters. The molecule has 1 aliphatic rings. The number of hydrogen-bond donors (Lipinski definition) is 1. The van der Waals surface area contributed by atoms with E-state index in [2.05, 4.69) is 9.99 Å². The first-order valence-corrected chi connectivity index (χ1v) is 4.86. The highest BCUT2D eigenvalue weighted by Gasteiger charge is 2.29. The van der Waals surface area contributed by atoms with Gasteiger partial charge in [-0.25, -0.2) is 9.18 Å². The predicted octanol–water partition coefficient (Wildman–Crippen LogP) is 2.06. The number of carbonyl (C=O) groups is 1. The Morgan fingerprint density at radius 1 is 1.62 bits per heavy atom. The number of benzene rings is 1. The van der Waals surface area contributed by atoms with Crippen LogP contribution in [-0.2, 0) is 9.63 Å². The molecule has 1 heterocycles. The van der Waals surface area contributed by atoms with E-state index in [0.717, 1.165) is 0 Å². The standard InChI is InChI=1S/C10H7ClFNO3/c11-5-1-2-7(12)6(3-5)8-4-9(10(14)15)16-13-8/h1-3,9H,4H2,(H,14,15). The molecule has 0 saturated carbocycles. The van der Waals surface area contributed by atoms with Crippen molar-refractivity contribution in [3.05, 3.63) is 34.6 Å². The maximum Gasteiger partial charge on any atom is 0.348 e. The van der Waals surface area contributed by atoms with Gasteiger partial charge in [-0.05, 0) is 18.2 Å². The summed E-state index contributed by atoms with van der Waals surface area (Å²) in [5.41, 5.74) is 0.434. The molecule has 0 aromatic heterocycles. The summed E-state index contributed by atoms with van der Waals surface area (Å²) in [6.45, 7) is 0. The molecule has 0 amide bonds. The SMILES string of the molecule is O=C(O)C1CC(c2cc(Cl)ccc2F)=NO1. The van der Waals surface area contributed by atoms with Crippen molar-refractivity contribution >= 4 is 23.3 Å². The average molecular weight is 244 g/mol. The predicted molar refractivity (Wildman–Crippen MR) is 55.1 cm³/mol. The van der Waals surface area contributed by atoms with Gasteiger partial charge in [-0.3, -0.25) is 0 Å². The second-order valence-electron chi connectivity index (χ2n) is 3.30. The average Bonchev–Trinajstić information content (AvgIpc) is 2.70. The van der Waals surface area contributed by atoms with Crippen LogP contribution in [0.15, 0.2) is 23.4 Å². The summed E-state index contributed by atoms with van der Waals surface area (Å²) in [5.74, 6) is -1.63. The van der Waals surface area contributed by atoms with Crippen LogP contribution >= 0.6 is 11.6 Å². The van der Waals surface area contributed by atoms with Crippen LogP contribution in [0.25, 0.3) is 0 Å². The molecule has 0 bridgehead atoms. The molecule has 6 heteroatoms. The minimum absolute atomic E-state index is 0.0343. The van der Waals surface area contributed by atoms with Crippen molar-refractivity contribution < 1.29 is 19.1 Å². The largest absolute Gasteiger partial charge is 0.478 e. The number of nitrogens with zero attached hydrogens (tertiary/aromatic N) is 1. The Balaban J connectivity index is 2.27. The summed E-state index contributed by atoms with van der Waals surface area (Å²) in [4.78, 5) is 15.3. The van der Waals surface area contributed by atoms with Gasteiger partial charge in [-0.2, -0.15) is 0 Å². The molecule has 2 rings (SSSR count). The van der Waals surface area contributed by atoms with Crippen molar-refractivity contribution in [1.29, 1.82) is 0 Å². The molecule has 0 fully saturated rings.